The van der Waals surface area contributed by atoms with Crippen molar-refractivity contribution in [2.24, 2.45) is 0 Å². The van der Waals surface area contributed by atoms with Gasteiger partial charge in [0.05, 0.1) is 6.61 Å². The van der Waals surface area contributed by atoms with Crippen molar-refractivity contribution in [2.75, 3.05) is 26.2 Å². The first-order valence-corrected chi connectivity index (χ1v) is 10.6. The van der Waals surface area contributed by atoms with Crippen molar-refractivity contribution in [2.45, 2.75) is 104 Å². The molecule has 0 amide bonds. The van der Waals surface area contributed by atoms with Crippen LogP contribution in [0.4, 0.5) is 0 Å². The van der Waals surface area contributed by atoms with Gasteiger partial charge in [-0.05, 0) is 45.3 Å². The molecule has 0 fully saturated rings. The van der Waals surface area contributed by atoms with Crippen molar-refractivity contribution in [3.05, 3.63) is 0 Å². The molecule has 3 heteroatoms. The molecule has 3 nitrogen and oxygen atoms in total. The molecule has 0 aliphatic rings. The highest BCUT2D eigenvalue weighted by Crippen LogP contribution is 2.11. The van der Waals surface area contributed by atoms with Gasteiger partial charge in [0.25, 0.3) is 0 Å². The van der Waals surface area contributed by atoms with Gasteiger partial charge in [0.1, 0.15) is 0 Å². The molecule has 0 aliphatic carbocycles. The van der Waals surface area contributed by atoms with E-state index in [1.165, 1.54) is 110 Å². The van der Waals surface area contributed by atoms with E-state index in [0.717, 1.165) is 6.42 Å². The zero-order chi connectivity index (χ0) is 17.7. The summed E-state index contributed by atoms with van der Waals surface area (Å²) in [6, 6.07) is 0. The van der Waals surface area contributed by atoms with E-state index in [9.17, 15) is 4.79 Å². The standard InChI is InChI=1S/C21H42NO2/c1-3-5-17-22(18-6-4-2)19-15-13-11-9-7-8-10-12-14-16-20-24-21-23/h3-20H2,1-2H3. The molecule has 0 aromatic heterocycles. The molecule has 0 saturated carbocycles. The molecule has 0 rings (SSSR count). The summed E-state index contributed by atoms with van der Waals surface area (Å²) >= 11 is 0. The third kappa shape index (κ3) is 17.8. The first-order valence-electron chi connectivity index (χ1n) is 10.6. The van der Waals surface area contributed by atoms with Crippen LogP contribution in [0.15, 0.2) is 0 Å². The van der Waals surface area contributed by atoms with E-state index in [-0.39, 0.29) is 0 Å². The maximum absolute atomic E-state index is 9.87. The van der Waals surface area contributed by atoms with Crippen LogP contribution < -0.4 is 0 Å². The third-order valence-electron chi connectivity index (χ3n) is 4.69. The fourth-order valence-corrected chi connectivity index (χ4v) is 3.06. The summed E-state index contributed by atoms with van der Waals surface area (Å²) in [5.74, 6) is 0. The molecule has 0 bridgehead atoms. The summed E-state index contributed by atoms with van der Waals surface area (Å²) in [7, 11) is 0. The Kier molecular flexibility index (Phi) is 20.0. The van der Waals surface area contributed by atoms with Crippen LogP contribution in [0.1, 0.15) is 104 Å². The molecule has 0 spiro atoms. The molecular weight excluding hydrogens is 298 g/mol. The summed E-state index contributed by atoms with van der Waals surface area (Å²) < 4.78 is 4.57. The van der Waals surface area contributed by atoms with Crippen molar-refractivity contribution >= 4 is 6.47 Å². The summed E-state index contributed by atoms with van der Waals surface area (Å²) in [5, 5.41) is 0. The lowest BCUT2D eigenvalue weighted by Gasteiger charge is -2.21. The number of hydrogen-bond acceptors (Lipinski definition) is 3. The fourth-order valence-electron chi connectivity index (χ4n) is 3.06. The highest BCUT2D eigenvalue weighted by molar-refractivity contribution is 5.37. The second-order valence-corrected chi connectivity index (χ2v) is 7.02. The zero-order valence-electron chi connectivity index (χ0n) is 16.5. The normalized spacial score (nSPS) is 11.1. The molecule has 0 aliphatic heterocycles. The third-order valence-corrected chi connectivity index (χ3v) is 4.69. The Morgan fingerprint density at radius 3 is 1.50 bits per heavy atom. The Balaban J connectivity index is 3.30. The molecule has 1 radical (unpaired) electrons. The van der Waals surface area contributed by atoms with Crippen LogP contribution in [0.5, 0.6) is 0 Å². The van der Waals surface area contributed by atoms with Gasteiger partial charge in [0.2, 0.25) is 0 Å². The largest absolute Gasteiger partial charge is 0.457 e. The Morgan fingerprint density at radius 2 is 1.04 bits per heavy atom. The Bertz CT molecular complexity index is 238. The number of nitrogens with zero attached hydrogens (tertiary/aromatic N) is 1. The van der Waals surface area contributed by atoms with Gasteiger partial charge in [-0.3, -0.25) is 0 Å². The molecule has 0 N–H and O–H groups in total. The van der Waals surface area contributed by atoms with Gasteiger partial charge in [-0.1, -0.05) is 78.1 Å². The zero-order valence-corrected chi connectivity index (χ0v) is 16.5. The second kappa shape index (κ2) is 20.5. The van der Waals surface area contributed by atoms with Gasteiger partial charge >= 0.3 is 6.47 Å². The van der Waals surface area contributed by atoms with Crippen molar-refractivity contribution in [3.63, 3.8) is 0 Å². The lowest BCUT2D eigenvalue weighted by atomic mass is 10.1. The lowest BCUT2D eigenvalue weighted by Crippen LogP contribution is -2.27. The molecule has 24 heavy (non-hydrogen) atoms. The Morgan fingerprint density at radius 1 is 0.625 bits per heavy atom. The van der Waals surface area contributed by atoms with Crippen LogP contribution in [0.3, 0.4) is 0 Å². The number of carbonyl (C=O) groups excluding carboxylic acids is 1. The average Bonchev–Trinajstić information content (AvgIpc) is 2.60. The van der Waals surface area contributed by atoms with Crippen LogP contribution in [0.2, 0.25) is 0 Å². The number of rotatable bonds is 20. The van der Waals surface area contributed by atoms with Crippen LogP contribution in [0.25, 0.3) is 0 Å². The quantitative estimate of drug-likeness (QED) is 0.259. The maximum atomic E-state index is 9.87. The lowest BCUT2D eigenvalue weighted by molar-refractivity contribution is 0.258. The minimum absolute atomic E-state index is 0.539. The van der Waals surface area contributed by atoms with E-state index in [1.807, 2.05) is 0 Å². The predicted octanol–water partition coefficient (Wildman–Crippen LogP) is 5.87. The van der Waals surface area contributed by atoms with Crippen LogP contribution in [-0.4, -0.2) is 37.6 Å². The Labute approximate surface area is 151 Å². The SMILES string of the molecule is CCCCN(CCCC)CCCCCCCCCCCCO[C]=O. The summed E-state index contributed by atoms with van der Waals surface area (Å²) in [6.45, 7) is 10.5. The van der Waals surface area contributed by atoms with E-state index in [0.29, 0.717) is 6.61 Å². The summed E-state index contributed by atoms with van der Waals surface area (Å²) in [6.07, 6.45) is 18.4. The van der Waals surface area contributed by atoms with Gasteiger partial charge in [-0.25, -0.2) is 4.79 Å². The molecule has 0 aromatic carbocycles. The van der Waals surface area contributed by atoms with Gasteiger partial charge in [0.15, 0.2) is 0 Å². The van der Waals surface area contributed by atoms with E-state index >= 15 is 0 Å². The molecule has 0 atom stereocenters. The van der Waals surface area contributed by atoms with Crippen LogP contribution in [0, 0.1) is 0 Å². The van der Waals surface area contributed by atoms with E-state index in [1.54, 1.807) is 0 Å². The van der Waals surface area contributed by atoms with Gasteiger partial charge in [0, 0.05) is 0 Å². The number of unbranched alkanes of at least 4 members (excludes halogenated alkanes) is 11. The van der Waals surface area contributed by atoms with Gasteiger partial charge in [-0.15, -0.1) is 0 Å². The second-order valence-electron chi connectivity index (χ2n) is 7.02. The average molecular weight is 341 g/mol. The van der Waals surface area contributed by atoms with Crippen molar-refractivity contribution in [1.29, 1.82) is 0 Å². The van der Waals surface area contributed by atoms with Crippen LogP contribution >= 0.6 is 0 Å². The monoisotopic (exact) mass is 340 g/mol. The van der Waals surface area contributed by atoms with E-state index in [2.05, 4.69) is 23.5 Å². The minimum atomic E-state index is 0.539. The molecule has 0 unspecified atom stereocenters. The van der Waals surface area contributed by atoms with Gasteiger partial charge in [-0.2, -0.15) is 0 Å². The molecule has 143 valence electrons. The maximum Gasteiger partial charge on any atom is 0.417 e. The molecule has 0 heterocycles. The number of hydrogen-bond donors (Lipinski definition) is 0. The fraction of sp³-hybridized carbons (Fsp3) is 0.952. The summed E-state index contributed by atoms with van der Waals surface area (Å²) in [5.41, 5.74) is 0. The number of ether oxygens (including phenoxy) is 1. The van der Waals surface area contributed by atoms with Crippen molar-refractivity contribution < 1.29 is 9.53 Å². The molecule has 0 aromatic rings. The van der Waals surface area contributed by atoms with E-state index in [4.69, 9.17) is 0 Å². The van der Waals surface area contributed by atoms with Crippen molar-refractivity contribution in [1.82, 2.24) is 4.90 Å². The molecular formula is C21H42NO2. The first kappa shape index (κ1) is 23.4. The van der Waals surface area contributed by atoms with Crippen LogP contribution in [-0.2, 0) is 9.53 Å². The predicted molar refractivity (Wildman–Crippen MR) is 104 cm³/mol. The topological polar surface area (TPSA) is 29.5 Å². The first-order chi connectivity index (χ1) is 11.8. The van der Waals surface area contributed by atoms with E-state index < -0.39 is 0 Å². The smallest absolute Gasteiger partial charge is 0.417 e. The Hall–Kier alpha value is -0.570. The molecule has 0 saturated heterocycles. The minimum Gasteiger partial charge on any atom is -0.457 e. The van der Waals surface area contributed by atoms with Gasteiger partial charge < -0.3 is 9.64 Å². The summed E-state index contributed by atoms with van der Waals surface area (Å²) in [4.78, 5) is 12.5. The van der Waals surface area contributed by atoms with Crippen molar-refractivity contribution in [3.8, 4) is 0 Å². The highest BCUT2D eigenvalue weighted by atomic mass is 16.5. The highest BCUT2D eigenvalue weighted by Gasteiger charge is 2.03.